The zero-order valence-electron chi connectivity index (χ0n) is 9.69. The van der Waals surface area contributed by atoms with Crippen LogP contribution in [0.25, 0.3) is 0 Å². The Bertz CT molecular complexity index is 430. The molecule has 17 heavy (non-hydrogen) atoms. The fourth-order valence-electron chi connectivity index (χ4n) is 2.03. The van der Waals surface area contributed by atoms with Crippen LogP contribution in [-0.4, -0.2) is 18.2 Å². The van der Waals surface area contributed by atoms with Gasteiger partial charge in [0.25, 0.3) is 0 Å². The maximum absolute atomic E-state index is 13.4. The van der Waals surface area contributed by atoms with Crippen molar-refractivity contribution >= 4 is 5.69 Å². The largest absolute Gasteiger partial charge is 0.372 e. The molecule has 0 amide bonds. The van der Waals surface area contributed by atoms with Crippen LogP contribution in [0.5, 0.6) is 0 Å². The smallest absolute Gasteiger partial charge is 0.146 e. The van der Waals surface area contributed by atoms with Gasteiger partial charge in [0.1, 0.15) is 11.9 Å². The maximum Gasteiger partial charge on any atom is 0.146 e. The lowest BCUT2D eigenvalue weighted by atomic mass is 10.1. The highest BCUT2D eigenvalue weighted by molar-refractivity contribution is 5.46. The number of ether oxygens (including phenoxy) is 1. The van der Waals surface area contributed by atoms with E-state index in [9.17, 15) is 4.39 Å². The summed E-state index contributed by atoms with van der Waals surface area (Å²) in [5, 5.41) is 12.0. The molecule has 0 radical (unpaired) electrons. The molecule has 1 aliphatic heterocycles. The first-order valence-electron chi connectivity index (χ1n) is 5.77. The van der Waals surface area contributed by atoms with Crippen LogP contribution in [0.3, 0.4) is 0 Å². The standard InChI is InChI=1S/C13H15FN2O/c1-9-6-7-13(17-9)12(8-15)16-11-5-3-2-4-10(11)14/h2-5,9,12-13,16H,6-7H2,1H3. The van der Waals surface area contributed by atoms with Gasteiger partial charge in [-0.3, -0.25) is 0 Å². The zero-order chi connectivity index (χ0) is 12.3. The minimum Gasteiger partial charge on any atom is -0.372 e. The number of anilines is 1. The molecule has 1 aromatic rings. The third-order valence-corrected chi connectivity index (χ3v) is 2.96. The molecule has 3 unspecified atom stereocenters. The van der Waals surface area contributed by atoms with E-state index in [0.717, 1.165) is 12.8 Å². The average Bonchev–Trinajstić information content (AvgIpc) is 2.75. The summed E-state index contributed by atoms with van der Waals surface area (Å²) < 4.78 is 19.1. The number of hydrogen-bond acceptors (Lipinski definition) is 3. The topological polar surface area (TPSA) is 45.0 Å². The summed E-state index contributed by atoms with van der Waals surface area (Å²) in [6, 6.07) is 7.98. The number of halogens is 1. The summed E-state index contributed by atoms with van der Waals surface area (Å²) in [7, 11) is 0. The highest BCUT2D eigenvalue weighted by atomic mass is 19.1. The molecule has 90 valence electrons. The summed E-state index contributed by atoms with van der Waals surface area (Å²) in [4.78, 5) is 0. The fourth-order valence-corrected chi connectivity index (χ4v) is 2.03. The highest BCUT2D eigenvalue weighted by Crippen LogP contribution is 2.24. The average molecular weight is 234 g/mol. The molecule has 0 bridgehead atoms. The van der Waals surface area contributed by atoms with Crippen molar-refractivity contribution in [1.82, 2.24) is 0 Å². The molecule has 1 saturated heterocycles. The predicted molar refractivity (Wildman–Crippen MR) is 63.0 cm³/mol. The van der Waals surface area contributed by atoms with Crippen molar-refractivity contribution in [2.24, 2.45) is 0 Å². The van der Waals surface area contributed by atoms with Crippen molar-refractivity contribution in [2.75, 3.05) is 5.32 Å². The van der Waals surface area contributed by atoms with Crippen LogP contribution in [0.2, 0.25) is 0 Å². The minimum absolute atomic E-state index is 0.158. The molecular formula is C13H15FN2O. The molecule has 3 atom stereocenters. The number of nitrogens with one attached hydrogen (secondary N) is 1. The van der Waals surface area contributed by atoms with Gasteiger partial charge in [0.2, 0.25) is 0 Å². The molecule has 0 spiro atoms. The lowest BCUT2D eigenvalue weighted by molar-refractivity contribution is 0.0534. The van der Waals surface area contributed by atoms with Crippen LogP contribution in [-0.2, 0) is 4.74 Å². The first-order chi connectivity index (χ1) is 8.20. The van der Waals surface area contributed by atoms with E-state index < -0.39 is 6.04 Å². The number of hydrogen-bond donors (Lipinski definition) is 1. The quantitative estimate of drug-likeness (QED) is 0.874. The molecule has 1 fully saturated rings. The molecule has 1 aliphatic rings. The van der Waals surface area contributed by atoms with E-state index in [0.29, 0.717) is 5.69 Å². The Labute approximate surface area is 100 Å². The van der Waals surface area contributed by atoms with Gasteiger partial charge >= 0.3 is 0 Å². The normalized spacial score (nSPS) is 25.2. The van der Waals surface area contributed by atoms with Crippen molar-refractivity contribution in [3.8, 4) is 6.07 Å². The van der Waals surface area contributed by atoms with Crippen LogP contribution < -0.4 is 5.32 Å². The van der Waals surface area contributed by atoms with Crippen molar-refractivity contribution in [3.63, 3.8) is 0 Å². The van der Waals surface area contributed by atoms with E-state index in [4.69, 9.17) is 10.00 Å². The molecule has 0 saturated carbocycles. The van der Waals surface area contributed by atoms with E-state index >= 15 is 0 Å². The van der Waals surface area contributed by atoms with E-state index in [1.807, 2.05) is 6.92 Å². The van der Waals surface area contributed by atoms with Crippen molar-refractivity contribution < 1.29 is 9.13 Å². The van der Waals surface area contributed by atoms with E-state index in [1.165, 1.54) is 6.07 Å². The molecule has 0 aliphatic carbocycles. The first-order valence-corrected chi connectivity index (χ1v) is 5.77. The van der Waals surface area contributed by atoms with Crippen LogP contribution in [0.15, 0.2) is 24.3 Å². The van der Waals surface area contributed by atoms with Gasteiger partial charge in [-0.1, -0.05) is 12.1 Å². The van der Waals surface area contributed by atoms with Gasteiger partial charge in [-0.15, -0.1) is 0 Å². The van der Waals surface area contributed by atoms with Crippen molar-refractivity contribution in [3.05, 3.63) is 30.1 Å². The Balaban J connectivity index is 2.06. The third-order valence-electron chi connectivity index (χ3n) is 2.96. The van der Waals surface area contributed by atoms with E-state index in [-0.39, 0.29) is 18.0 Å². The summed E-state index contributed by atoms with van der Waals surface area (Å²) in [5.41, 5.74) is 0.349. The second kappa shape index (κ2) is 5.15. The lowest BCUT2D eigenvalue weighted by Crippen LogP contribution is -2.32. The van der Waals surface area contributed by atoms with Crippen LogP contribution >= 0.6 is 0 Å². The Morgan fingerprint density at radius 3 is 2.82 bits per heavy atom. The summed E-state index contributed by atoms with van der Waals surface area (Å²) >= 11 is 0. The zero-order valence-corrected chi connectivity index (χ0v) is 9.69. The van der Waals surface area contributed by atoms with E-state index in [2.05, 4.69) is 11.4 Å². The summed E-state index contributed by atoms with van der Waals surface area (Å²) in [5.74, 6) is -0.348. The Morgan fingerprint density at radius 2 is 2.24 bits per heavy atom. The van der Waals surface area contributed by atoms with Gasteiger partial charge < -0.3 is 10.1 Å². The molecular weight excluding hydrogens is 219 g/mol. The molecule has 0 aromatic heterocycles. The molecule has 4 heteroatoms. The molecule has 1 aromatic carbocycles. The number of para-hydroxylation sites is 1. The highest BCUT2D eigenvalue weighted by Gasteiger charge is 2.29. The fraction of sp³-hybridized carbons (Fsp3) is 0.462. The lowest BCUT2D eigenvalue weighted by Gasteiger charge is -2.19. The summed E-state index contributed by atoms with van der Waals surface area (Å²) in [6.45, 7) is 1.98. The Hall–Kier alpha value is -1.60. The number of rotatable bonds is 3. The SMILES string of the molecule is CC1CCC(C(C#N)Nc2ccccc2F)O1. The Morgan fingerprint density at radius 1 is 1.47 bits per heavy atom. The molecule has 3 nitrogen and oxygen atoms in total. The summed E-state index contributed by atoms with van der Waals surface area (Å²) in [6.07, 6.45) is 1.80. The first kappa shape index (κ1) is 11.9. The van der Waals surface area contributed by atoms with Crippen molar-refractivity contribution in [2.45, 2.75) is 38.0 Å². The second-order valence-corrected chi connectivity index (χ2v) is 4.29. The van der Waals surface area contributed by atoms with E-state index in [1.54, 1.807) is 18.2 Å². The minimum atomic E-state index is -0.503. The van der Waals surface area contributed by atoms with Crippen LogP contribution in [0.4, 0.5) is 10.1 Å². The number of benzene rings is 1. The van der Waals surface area contributed by atoms with Gasteiger partial charge in [-0.25, -0.2) is 4.39 Å². The maximum atomic E-state index is 13.4. The Kier molecular flexibility index (Phi) is 3.60. The number of nitriles is 1. The van der Waals surface area contributed by atoms with Gasteiger partial charge in [0.15, 0.2) is 0 Å². The van der Waals surface area contributed by atoms with Crippen LogP contribution in [0, 0.1) is 17.1 Å². The monoisotopic (exact) mass is 234 g/mol. The third kappa shape index (κ3) is 2.75. The number of nitrogens with zero attached hydrogens (tertiary/aromatic N) is 1. The van der Waals surface area contributed by atoms with Crippen molar-refractivity contribution in [1.29, 1.82) is 5.26 Å². The van der Waals surface area contributed by atoms with Gasteiger partial charge in [0, 0.05) is 0 Å². The predicted octanol–water partition coefficient (Wildman–Crippen LogP) is 2.70. The molecule has 1 N–H and O–H groups in total. The molecule has 2 rings (SSSR count). The van der Waals surface area contributed by atoms with Crippen LogP contribution in [0.1, 0.15) is 19.8 Å². The molecule has 1 heterocycles. The van der Waals surface area contributed by atoms with Gasteiger partial charge in [-0.2, -0.15) is 5.26 Å². The van der Waals surface area contributed by atoms with Gasteiger partial charge in [0.05, 0.1) is 24.0 Å². The van der Waals surface area contributed by atoms with Gasteiger partial charge in [-0.05, 0) is 31.9 Å². The second-order valence-electron chi connectivity index (χ2n) is 4.29.